The average Bonchev–Trinajstić information content (AvgIpc) is 2.70. The van der Waals surface area contributed by atoms with Crippen molar-refractivity contribution in [3.63, 3.8) is 0 Å². The summed E-state index contributed by atoms with van der Waals surface area (Å²) in [6.45, 7) is -0.127. The zero-order chi connectivity index (χ0) is 19.9. The third-order valence-electron chi connectivity index (χ3n) is 4.81. The molecule has 0 aliphatic heterocycles. The van der Waals surface area contributed by atoms with Gasteiger partial charge in [-0.2, -0.15) is 0 Å². The van der Waals surface area contributed by atoms with Crippen molar-refractivity contribution in [1.82, 2.24) is 10.3 Å². The minimum atomic E-state index is -0.196. The van der Waals surface area contributed by atoms with Gasteiger partial charge in [-0.25, -0.2) is 0 Å². The molecule has 1 N–H and O–H groups in total. The molecule has 1 aromatic carbocycles. The van der Waals surface area contributed by atoms with E-state index < -0.39 is 0 Å². The Kier molecular flexibility index (Phi) is 7.29. The number of ether oxygens (including phenoxy) is 1. The van der Waals surface area contributed by atoms with Crippen molar-refractivity contribution in [2.24, 2.45) is 0 Å². The molecule has 1 saturated carbocycles. The zero-order valence-corrected chi connectivity index (χ0v) is 16.9. The first-order valence-electron chi connectivity index (χ1n) is 9.37. The predicted molar refractivity (Wildman–Crippen MR) is 109 cm³/mol. The number of carbonyl (C=O) groups excluding carboxylic acids is 2. The zero-order valence-electron chi connectivity index (χ0n) is 15.4. The van der Waals surface area contributed by atoms with Crippen molar-refractivity contribution in [2.45, 2.75) is 44.6 Å². The van der Waals surface area contributed by atoms with Crippen LogP contribution in [0.4, 0.5) is 0 Å². The molecule has 1 aliphatic carbocycles. The van der Waals surface area contributed by atoms with Crippen molar-refractivity contribution in [2.75, 3.05) is 6.61 Å². The van der Waals surface area contributed by atoms with Gasteiger partial charge in [-0.15, -0.1) is 0 Å². The van der Waals surface area contributed by atoms with Gasteiger partial charge < -0.3 is 10.1 Å². The number of ketones is 1. The molecule has 7 heteroatoms. The van der Waals surface area contributed by atoms with Crippen molar-refractivity contribution in [3.05, 3.63) is 57.8 Å². The van der Waals surface area contributed by atoms with E-state index in [1.807, 2.05) is 0 Å². The molecule has 3 rings (SSSR count). The van der Waals surface area contributed by atoms with Gasteiger partial charge in [0.1, 0.15) is 5.75 Å². The van der Waals surface area contributed by atoms with Crippen LogP contribution in [-0.4, -0.2) is 29.3 Å². The van der Waals surface area contributed by atoms with Gasteiger partial charge in [0, 0.05) is 30.4 Å². The number of rotatable bonds is 7. The van der Waals surface area contributed by atoms with E-state index in [0.717, 1.165) is 25.7 Å². The van der Waals surface area contributed by atoms with Crippen LogP contribution < -0.4 is 10.1 Å². The van der Waals surface area contributed by atoms with E-state index >= 15 is 0 Å². The Morgan fingerprint density at radius 1 is 1.07 bits per heavy atom. The fourth-order valence-electron chi connectivity index (χ4n) is 3.35. The lowest BCUT2D eigenvalue weighted by Crippen LogP contribution is -2.39. The second-order valence-electron chi connectivity index (χ2n) is 6.87. The maximum atomic E-state index is 12.8. The van der Waals surface area contributed by atoms with Crippen LogP contribution >= 0.6 is 23.2 Å². The molecule has 2 aromatic rings. The molecule has 5 nitrogen and oxygen atoms in total. The quantitative estimate of drug-likeness (QED) is 0.662. The molecule has 28 heavy (non-hydrogen) atoms. The first-order valence-corrected chi connectivity index (χ1v) is 10.1. The summed E-state index contributed by atoms with van der Waals surface area (Å²) in [5.74, 6) is 0.000239. The lowest BCUT2D eigenvalue weighted by atomic mass is 9.95. The summed E-state index contributed by atoms with van der Waals surface area (Å²) in [5, 5.41) is 3.68. The fourth-order valence-corrected chi connectivity index (χ4v) is 3.84. The van der Waals surface area contributed by atoms with Crippen LogP contribution in [0.2, 0.25) is 10.0 Å². The molecule has 1 aromatic heterocycles. The summed E-state index contributed by atoms with van der Waals surface area (Å²) in [7, 11) is 0. The number of carbonyl (C=O) groups is 2. The molecule has 0 radical (unpaired) electrons. The van der Waals surface area contributed by atoms with Crippen LogP contribution in [0.15, 0.2) is 36.7 Å². The average molecular weight is 421 g/mol. The van der Waals surface area contributed by atoms with Crippen molar-refractivity contribution < 1.29 is 14.3 Å². The number of hydrogen-bond donors (Lipinski definition) is 1. The number of benzene rings is 1. The number of nitrogens with zero attached hydrogens (tertiary/aromatic N) is 1. The number of Topliss-reactive ketones (excluding diaryl/α,β-unsaturated/α-hetero) is 1. The highest BCUT2D eigenvalue weighted by Crippen LogP contribution is 2.27. The number of aromatic nitrogens is 1. The number of hydrogen-bond acceptors (Lipinski definition) is 4. The van der Waals surface area contributed by atoms with Gasteiger partial charge in [0.25, 0.3) is 5.91 Å². The Labute approximate surface area is 174 Å². The summed E-state index contributed by atoms with van der Waals surface area (Å²) in [5.41, 5.74) is 0.907. The lowest BCUT2D eigenvalue weighted by Gasteiger charge is -2.22. The summed E-state index contributed by atoms with van der Waals surface area (Å²) >= 11 is 12.2. The summed E-state index contributed by atoms with van der Waals surface area (Å²) < 4.78 is 5.65. The summed E-state index contributed by atoms with van der Waals surface area (Å²) in [4.78, 5) is 28.9. The van der Waals surface area contributed by atoms with Crippen molar-refractivity contribution in [3.8, 4) is 5.75 Å². The summed E-state index contributed by atoms with van der Waals surface area (Å²) in [6, 6.07) is 7.07. The van der Waals surface area contributed by atoms with Crippen LogP contribution in [0.5, 0.6) is 5.75 Å². The Hall–Kier alpha value is -2.11. The normalized spacial score (nSPS) is 14.5. The molecule has 1 fully saturated rings. The second-order valence-corrected chi connectivity index (χ2v) is 7.68. The van der Waals surface area contributed by atoms with Crippen LogP contribution in [0.1, 0.15) is 48.0 Å². The topological polar surface area (TPSA) is 68.3 Å². The molecule has 0 bridgehead atoms. The molecule has 0 spiro atoms. The van der Waals surface area contributed by atoms with E-state index in [9.17, 15) is 9.59 Å². The third kappa shape index (κ3) is 5.46. The predicted octanol–water partition coefficient (Wildman–Crippen LogP) is 4.64. The standard InChI is InChI=1S/C21H22Cl2N2O3/c22-17-11-24-12-18(23)16(17)10-19(26)15-8-4-5-9-20(15)28-13-21(27)25-14-6-2-1-3-7-14/h4-5,8-9,11-12,14H,1-3,6-7,10,13H2,(H,25,27). The van der Waals surface area contributed by atoms with Crippen LogP contribution in [0, 0.1) is 0 Å². The number of halogens is 2. The molecule has 1 amide bonds. The number of nitrogens with one attached hydrogen (secondary N) is 1. The van der Waals surface area contributed by atoms with Gasteiger partial charge >= 0.3 is 0 Å². The highest BCUT2D eigenvalue weighted by atomic mass is 35.5. The first-order chi connectivity index (χ1) is 13.5. The molecular formula is C21H22Cl2N2O3. The SMILES string of the molecule is O=C(COc1ccccc1C(=O)Cc1c(Cl)cncc1Cl)NC1CCCCC1. The van der Waals surface area contributed by atoms with E-state index in [-0.39, 0.29) is 30.8 Å². The van der Waals surface area contributed by atoms with Gasteiger partial charge in [-0.3, -0.25) is 14.6 Å². The number of amides is 1. The second kappa shape index (κ2) is 9.89. The van der Waals surface area contributed by atoms with E-state index in [1.54, 1.807) is 24.3 Å². The summed E-state index contributed by atoms with van der Waals surface area (Å²) in [6.07, 6.45) is 8.45. The molecule has 0 atom stereocenters. The van der Waals surface area contributed by atoms with Crippen LogP contribution in [-0.2, 0) is 11.2 Å². The Morgan fingerprint density at radius 3 is 2.46 bits per heavy atom. The van der Waals surface area contributed by atoms with Gasteiger partial charge in [0.2, 0.25) is 0 Å². The molecule has 1 aliphatic rings. The van der Waals surface area contributed by atoms with E-state index in [2.05, 4.69) is 10.3 Å². The molecule has 0 saturated heterocycles. The Morgan fingerprint density at radius 2 is 1.75 bits per heavy atom. The van der Waals surface area contributed by atoms with Crippen LogP contribution in [0.3, 0.4) is 0 Å². The highest BCUT2D eigenvalue weighted by Gasteiger charge is 2.19. The molecule has 0 unspecified atom stereocenters. The molecular weight excluding hydrogens is 399 g/mol. The van der Waals surface area contributed by atoms with E-state index in [4.69, 9.17) is 27.9 Å². The van der Waals surface area contributed by atoms with Crippen molar-refractivity contribution >= 4 is 34.9 Å². The Bertz CT molecular complexity index is 831. The fraction of sp³-hybridized carbons (Fsp3) is 0.381. The maximum Gasteiger partial charge on any atom is 0.258 e. The Balaban J connectivity index is 1.63. The van der Waals surface area contributed by atoms with Gasteiger partial charge in [-0.05, 0) is 25.0 Å². The maximum absolute atomic E-state index is 12.8. The van der Waals surface area contributed by atoms with E-state index in [1.165, 1.54) is 18.8 Å². The minimum Gasteiger partial charge on any atom is -0.483 e. The molecule has 148 valence electrons. The van der Waals surface area contributed by atoms with Crippen molar-refractivity contribution in [1.29, 1.82) is 0 Å². The highest BCUT2D eigenvalue weighted by molar-refractivity contribution is 6.36. The largest absolute Gasteiger partial charge is 0.483 e. The van der Waals surface area contributed by atoms with Crippen LogP contribution in [0.25, 0.3) is 0 Å². The van der Waals surface area contributed by atoms with Gasteiger partial charge in [0.15, 0.2) is 12.4 Å². The van der Waals surface area contributed by atoms with Gasteiger partial charge in [0.05, 0.1) is 15.6 Å². The lowest BCUT2D eigenvalue weighted by molar-refractivity contribution is -0.124. The van der Waals surface area contributed by atoms with E-state index in [0.29, 0.717) is 26.9 Å². The minimum absolute atomic E-state index is 0.0226. The number of pyridine rings is 1. The monoisotopic (exact) mass is 420 g/mol. The third-order valence-corrected chi connectivity index (χ3v) is 5.46. The van der Waals surface area contributed by atoms with Gasteiger partial charge in [-0.1, -0.05) is 54.6 Å². The number of para-hydroxylation sites is 1. The first kappa shape index (κ1) is 20.6. The molecule has 1 heterocycles. The smallest absolute Gasteiger partial charge is 0.258 e.